The molecule has 0 aliphatic carbocycles. The van der Waals surface area contributed by atoms with Crippen LogP contribution in [0.1, 0.15) is 30.4 Å². The lowest BCUT2D eigenvalue weighted by Gasteiger charge is -2.25. The van der Waals surface area contributed by atoms with Gasteiger partial charge in [0.15, 0.2) is 11.5 Å². The monoisotopic (exact) mass is 314 g/mol. The molecule has 3 rings (SSSR count). The second-order valence-electron chi connectivity index (χ2n) is 5.29. The van der Waals surface area contributed by atoms with Crippen molar-refractivity contribution in [3.05, 3.63) is 47.5 Å². The smallest absolute Gasteiger partial charge is 0.312 e. The van der Waals surface area contributed by atoms with Crippen LogP contribution in [-0.2, 0) is 4.79 Å². The molecule has 1 heterocycles. The van der Waals surface area contributed by atoms with Crippen molar-refractivity contribution in [1.29, 1.82) is 0 Å². The van der Waals surface area contributed by atoms with Gasteiger partial charge in [-0.15, -0.1) is 0 Å². The van der Waals surface area contributed by atoms with Crippen molar-refractivity contribution in [2.75, 3.05) is 13.7 Å². The van der Waals surface area contributed by atoms with Crippen LogP contribution in [0.3, 0.4) is 0 Å². The molecule has 2 aromatic carbocycles. The Bertz CT molecular complexity index is 738. The van der Waals surface area contributed by atoms with Gasteiger partial charge in [0.1, 0.15) is 11.5 Å². The molecule has 0 saturated heterocycles. The van der Waals surface area contributed by atoms with Crippen LogP contribution in [0.15, 0.2) is 36.4 Å². The number of carbonyl (C=O) groups excluding carboxylic acids is 1. The number of aromatic hydroxyl groups is 1. The van der Waals surface area contributed by atoms with Gasteiger partial charge in [-0.3, -0.25) is 4.79 Å². The molecule has 1 atom stereocenters. The lowest BCUT2D eigenvalue weighted by Crippen LogP contribution is -2.21. The minimum absolute atomic E-state index is 0.0709. The number of phenols is 1. The molecular formula is C18H18O5. The molecule has 5 heteroatoms. The van der Waals surface area contributed by atoms with Crippen LogP contribution in [-0.4, -0.2) is 24.8 Å². The van der Waals surface area contributed by atoms with Crippen molar-refractivity contribution in [3.8, 4) is 23.0 Å². The molecule has 5 nitrogen and oxygen atoms in total. The summed E-state index contributed by atoms with van der Waals surface area (Å²) in [5, 5.41) is 9.74. The van der Waals surface area contributed by atoms with Gasteiger partial charge in [-0.05, 0) is 30.7 Å². The normalized spacial score (nSPS) is 16.4. The van der Waals surface area contributed by atoms with E-state index in [1.165, 1.54) is 7.11 Å². The summed E-state index contributed by atoms with van der Waals surface area (Å²) in [4.78, 5) is 12.0. The van der Waals surface area contributed by atoms with E-state index in [0.717, 1.165) is 11.1 Å². The maximum absolute atomic E-state index is 12.0. The molecule has 1 N–H and O–H groups in total. The van der Waals surface area contributed by atoms with Crippen molar-refractivity contribution in [1.82, 2.24) is 0 Å². The number of ether oxygens (including phenoxy) is 3. The third-order valence-electron chi connectivity index (χ3n) is 3.87. The van der Waals surface area contributed by atoms with E-state index in [1.54, 1.807) is 24.3 Å². The Morgan fingerprint density at radius 2 is 2.09 bits per heavy atom. The van der Waals surface area contributed by atoms with Gasteiger partial charge in [0, 0.05) is 17.5 Å². The van der Waals surface area contributed by atoms with Gasteiger partial charge in [0.25, 0.3) is 0 Å². The highest BCUT2D eigenvalue weighted by Crippen LogP contribution is 2.42. The van der Waals surface area contributed by atoms with E-state index in [0.29, 0.717) is 23.9 Å². The van der Waals surface area contributed by atoms with E-state index in [9.17, 15) is 9.90 Å². The summed E-state index contributed by atoms with van der Waals surface area (Å²) in [6, 6.07) is 10.6. The van der Waals surface area contributed by atoms with Crippen molar-refractivity contribution < 1.29 is 24.1 Å². The molecule has 2 aromatic rings. The fourth-order valence-electron chi connectivity index (χ4n) is 2.80. The fourth-order valence-corrected chi connectivity index (χ4v) is 2.80. The number of rotatable bonds is 4. The Labute approximate surface area is 134 Å². The van der Waals surface area contributed by atoms with Crippen molar-refractivity contribution >= 4 is 5.97 Å². The van der Waals surface area contributed by atoms with Crippen molar-refractivity contribution in [2.24, 2.45) is 0 Å². The lowest BCUT2D eigenvalue weighted by molar-refractivity contribution is -0.135. The van der Waals surface area contributed by atoms with Crippen LogP contribution in [0.2, 0.25) is 0 Å². The van der Waals surface area contributed by atoms with Crippen molar-refractivity contribution in [2.45, 2.75) is 19.3 Å². The first kappa shape index (κ1) is 15.2. The quantitative estimate of drug-likeness (QED) is 0.693. The van der Waals surface area contributed by atoms with Crippen LogP contribution >= 0.6 is 0 Å². The van der Waals surface area contributed by atoms with E-state index < -0.39 is 0 Å². The summed E-state index contributed by atoms with van der Waals surface area (Å²) < 4.78 is 16.0. The summed E-state index contributed by atoms with van der Waals surface area (Å²) in [6.45, 7) is 2.45. The first-order valence-electron chi connectivity index (χ1n) is 7.46. The highest BCUT2D eigenvalue weighted by molar-refractivity contribution is 5.78. The zero-order chi connectivity index (χ0) is 16.4. The number of esters is 1. The van der Waals surface area contributed by atoms with Gasteiger partial charge in [0.2, 0.25) is 0 Å². The Hall–Kier alpha value is -2.69. The molecule has 1 aliphatic rings. The summed E-state index contributed by atoms with van der Waals surface area (Å²) in [5.74, 6) is 1.21. The number of phenolic OH excluding ortho intramolecular Hbond substituents is 1. The predicted octanol–water partition coefficient (Wildman–Crippen LogP) is 3.24. The number of hydrogen-bond donors (Lipinski definition) is 1. The second kappa shape index (κ2) is 6.20. The Kier molecular flexibility index (Phi) is 4.10. The van der Waals surface area contributed by atoms with Gasteiger partial charge >= 0.3 is 5.97 Å². The first-order valence-corrected chi connectivity index (χ1v) is 7.46. The molecule has 120 valence electrons. The zero-order valence-electron chi connectivity index (χ0n) is 13.0. The molecule has 1 aliphatic heterocycles. The van der Waals surface area contributed by atoms with E-state index in [2.05, 4.69) is 0 Å². The molecule has 0 saturated carbocycles. The third kappa shape index (κ3) is 2.95. The maximum atomic E-state index is 12.0. The van der Waals surface area contributed by atoms with Crippen LogP contribution in [0, 0.1) is 0 Å². The highest BCUT2D eigenvalue weighted by Gasteiger charge is 2.29. The van der Waals surface area contributed by atoms with E-state index in [4.69, 9.17) is 14.2 Å². The van der Waals surface area contributed by atoms with Gasteiger partial charge < -0.3 is 19.3 Å². The Morgan fingerprint density at radius 1 is 1.26 bits per heavy atom. The third-order valence-corrected chi connectivity index (χ3v) is 3.87. The van der Waals surface area contributed by atoms with Crippen molar-refractivity contribution in [3.63, 3.8) is 0 Å². The summed E-state index contributed by atoms with van der Waals surface area (Å²) in [5.41, 5.74) is 1.81. The summed E-state index contributed by atoms with van der Waals surface area (Å²) in [6.07, 6.45) is 0.245. The molecule has 0 radical (unpaired) electrons. The Balaban J connectivity index is 2.03. The number of fused-ring (bicyclic) bond motifs is 1. The number of methoxy groups -OCH3 is 1. The molecule has 0 spiro atoms. The van der Waals surface area contributed by atoms with E-state index in [-0.39, 0.29) is 24.1 Å². The number of benzene rings is 2. The Morgan fingerprint density at radius 3 is 2.83 bits per heavy atom. The number of hydrogen-bond acceptors (Lipinski definition) is 5. The van der Waals surface area contributed by atoms with Gasteiger partial charge in [-0.1, -0.05) is 12.1 Å². The standard InChI is InChI=1S/C18H18O5/c1-3-22-12-5-6-13-14(10-18(20)23-16(13)9-12)11-4-7-15(19)17(8-11)21-2/h4-9,14,19H,3,10H2,1-2H3/t14-/m0/s1. The topological polar surface area (TPSA) is 65.0 Å². The average Bonchev–Trinajstić information content (AvgIpc) is 2.54. The second-order valence-corrected chi connectivity index (χ2v) is 5.29. The molecule has 0 bridgehead atoms. The van der Waals surface area contributed by atoms with Crippen LogP contribution in [0.4, 0.5) is 0 Å². The van der Waals surface area contributed by atoms with Gasteiger partial charge in [0.05, 0.1) is 20.1 Å². The van der Waals surface area contributed by atoms with Crippen LogP contribution in [0.5, 0.6) is 23.0 Å². The molecule has 0 aromatic heterocycles. The van der Waals surface area contributed by atoms with E-state index >= 15 is 0 Å². The van der Waals surface area contributed by atoms with E-state index in [1.807, 2.05) is 19.1 Å². The lowest BCUT2D eigenvalue weighted by atomic mass is 9.86. The largest absolute Gasteiger partial charge is 0.504 e. The fraction of sp³-hybridized carbons (Fsp3) is 0.278. The zero-order valence-corrected chi connectivity index (χ0v) is 13.0. The molecular weight excluding hydrogens is 296 g/mol. The predicted molar refractivity (Wildman–Crippen MR) is 84.4 cm³/mol. The van der Waals surface area contributed by atoms with Gasteiger partial charge in [-0.25, -0.2) is 0 Å². The minimum atomic E-state index is -0.289. The summed E-state index contributed by atoms with van der Waals surface area (Å²) in [7, 11) is 1.50. The van der Waals surface area contributed by atoms with Crippen LogP contribution < -0.4 is 14.2 Å². The minimum Gasteiger partial charge on any atom is -0.504 e. The molecule has 0 amide bonds. The van der Waals surface area contributed by atoms with Gasteiger partial charge in [-0.2, -0.15) is 0 Å². The van der Waals surface area contributed by atoms with Crippen LogP contribution in [0.25, 0.3) is 0 Å². The number of carbonyl (C=O) groups is 1. The molecule has 0 fully saturated rings. The molecule has 0 unspecified atom stereocenters. The first-order chi connectivity index (χ1) is 11.1. The summed E-state index contributed by atoms with van der Waals surface area (Å²) >= 11 is 0. The SMILES string of the molecule is CCOc1ccc2c(c1)OC(=O)C[C@H]2c1ccc(O)c(OC)c1. The highest BCUT2D eigenvalue weighted by atomic mass is 16.5. The maximum Gasteiger partial charge on any atom is 0.312 e. The average molecular weight is 314 g/mol. The molecule has 23 heavy (non-hydrogen) atoms.